The van der Waals surface area contributed by atoms with Crippen LogP contribution in [0.4, 0.5) is 5.69 Å². The quantitative estimate of drug-likeness (QED) is 0.288. The fraction of sp³-hybridized carbons (Fsp3) is 0.120. The first kappa shape index (κ1) is 22.7. The zero-order chi connectivity index (χ0) is 23.7. The van der Waals surface area contributed by atoms with Gasteiger partial charge in [0.25, 0.3) is 11.7 Å². The highest BCUT2D eigenvalue weighted by Gasteiger charge is 2.48. The third-order valence-corrected chi connectivity index (χ3v) is 5.87. The Morgan fingerprint density at radius 3 is 2.27 bits per heavy atom. The van der Waals surface area contributed by atoms with Gasteiger partial charge in [0.15, 0.2) is 0 Å². The number of anilines is 1. The number of carbonyl (C=O) groups excluding carboxylic acids is 2. The summed E-state index contributed by atoms with van der Waals surface area (Å²) in [5.74, 6) is -1.56. The van der Waals surface area contributed by atoms with E-state index in [0.29, 0.717) is 17.0 Å². The Morgan fingerprint density at radius 1 is 0.939 bits per heavy atom. The molecule has 8 heteroatoms. The van der Waals surface area contributed by atoms with Crippen LogP contribution in [0.1, 0.15) is 17.2 Å². The van der Waals surface area contributed by atoms with Crippen molar-refractivity contribution < 1.29 is 24.2 Å². The van der Waals surface area contributed by atoms with Crippen LogP contribution in [-0.4, -0.2) is 31.0 Å². The zero-order valence-corrected chi connectivity index (χ0v) is 19.2. The van der Waals surface area contributed by atoms with E-state index in [1.807, 2.05) is 6.07 Å². The van der Waals surface area contributed by atoms with Gasteiger partial charge in [-0.3, -0.25) is 14.5 Å². The number of aliphatic hydroxyl groups excluding tert-OH is 1. The molecule has 0 aliphatic carbocycles. The van der Waals surface area contributed by atoms with Crippen LogP contribution in [0.5, 0.6) is 11.5 Å². The lowest BCUT2D eigenvalue weighted by Gasteiger charge is -2.26. The van der Waals surface area contributed by atoms with Crippen LogP contribution in [0.2, 0.25) is 10.0 Å². The highest BCUT2D eigenvalue weighted by atomic mass is 35.5. The van der Waals surface area contributed by atoms with Gasteiger partial charge in [-0.2, -0.15) is 0 Å². The molecule has 1 fully saturated rings. The van der Waals surface area contributed by atoms with Crippen LogP contribution >= 0.6 is 23.2 Å². The lowest BCUT2D eigenvalue weighted by atomic mass is 9.95. The Bertz CT molecular complexity index is 1270. The van der Waals surface area contributed by atoms with Crippen molar-refractivity contribution in [1.29, 1.82) is 0 Å². The molecule has 6 nitrogen and oxygen atoms in total. The molecule has 33 heavy (non-hydrogen) atoms. The first-order valence-corrected chi connectivity index (χ1v) is 10.7. The van der Waals surface area contributed by atoms with Crippen LogP contribution in [-0.2, 0) is 9.59 Å². The number of hydrogen-bond donors (Lipinski definition) is 1. The first-order valence-electron chi connectivity index (χ1n) is 9.91. The number of hydrogen-bond acceptors (Lipinski definition) is 5. The summed E-state index contributed by atoms with van der Waals surface area (Å²) in [4.78, 5) is 27.9. The molecule has 1 amide bonds. The van der Waals surface area contributed by atoms with E-state index in [1.54, 1.807) is 48.5 Å². The van der Waals surface area contributed by atoms with Crippen molar-refractivity contribution in [3.05, 3.63) is 93.5 Å². The van der Waals surface area contributed by atoms with Crippen LogP contribution < -0.4 is 14.4 Å². The predicted molar refractivity (Wildman–Crippen MR) is 127 cm³/mol. The Labute approximate surface area is 200 Å². The second-order valence-corrected chi connectivity index (χ2v) is 8.06. The number of halogens is 2. The lowest BCUT2D eigenvalue weighted by molar-refractivity contribution is -0.132. The number of amides is 1. The van der Waals surface area contributed by atoms with Crippen molar-refractivity contribution in [2.24, 2.45) is 0 Å². The monoisotopic (exact) mass is 483 g/mol. The maximum absolute atomic E-state index is 13.3. The maximum atomic E-state index is 13.3. The van der Waals surface area contributed by atoms with Crippen LogP contribution in [0, 0.1) is 0 Å². The van der Waals surface area contributed by atoms with Gasteiger partial charge in [-0.05, 0) is 29.8 Å². The summed E-state index contributed by atoms with van der Waals surface area (Å²) in [5, 5.41) is 11.7. The third kappa shape index (κ3) is 3.92. The van der Waals surface area contributed by atoms with Crippen molar-refractivity contribution in [3.8, 4) is 11.5 Å². The number of ketones is 1. The van der Waals surface area contributed by atoms with E-state index in [9.17, 15) is 14.7 Å². The normalized spacial score (nSPS) is 17.3. The van der Waals surface area contributed by atoms with Crippen molar-refractivity contribution >= 4 is 46.3 Å². The number of nitrogens with zero attached hydrogens (tertiary/aromatic N) is 1. The summed E-state index contributed by atoms with van der Waals surface area (Å²) in [6.07, 6.45) is 0. The molecule has 1 unspecified atom stereocenters. The molecule has 1 aliphatic rings. The van der Waals surface area contributed by atoms with Gasteiger partial charge in [-0.25, -0.2) is 0 Å². The fourth-order valence-electron chi connectivity index (χ4n) is 3.95. The van der Waals surface area contributed by atoms with Crippen molar-refractivity contribution in [3.63, 3.8) is 0 Å². The molecule has 0 bridgehead atoms. The van der Waals surface area contributed by atoms with Crippen LogP contribution in [0.3, 0.4) is 0 Å². The molecule has 0 spiro atoms. The molecule has 3 aromatic carbocycles. The molecule has 168 valence electrons. The molecule has 4 rings (SSSR count). The molecule has 1 N–H and O–H groups in total. The number of aliphatic hydroxyl groups is 1. The van der Waals surface area contributed by atoms with Gasteiger partial charge in [0, 0.05) is 5.02 Å². The average molecular weight is 484 g/mol. The zero-order valence-electron chi connectivity index (χ0n) is 17.7. The number of carbonyl (C=O) groups is 2. The molecule has 1 atom stereocenters. The molecule has 0 saturated carbocycles. The van der Waals surface area contributed by atoms with E-state index < -0.39 is 23.5 Å². The molecule has 1 aliphatic heterocycles. The molecule has 0 radical (unpaired) electrons. The summed E-state index contributed by atoms with van der Waals surface area (Å²) in [7, 11) is 2.86. The Kier molecular flexibility index (Phi) is 6.31. The molecule has 3 aromatic rings. The largest absolute Gasteiger partial charge is 0.507 e. The third-order valence-electron chi connectivity index (χ3n) is 5.37. The van der Waals surface area contributed by atoms with Crippen molar-refractivity contribution in [1.82, 2.24) is 0 Å². The van der Waals surface area contributed by atoms with Crippen molar-refractivity contribution in [2.45, 2.75) is 6.04 Å². The summed E-state index contributed by atoms with van der Waals surface area (Å²) < 4.78 is 10.8. The second kappa shape index (κ2) is 9.17. The molecule has 0 aromatic heterocycles. The van der Waals surface area contributed by atoms with Gasteiger partial charge in [0.05, 0.1) is 42.1 Å². The standard InChI is InChI=1S/C25H19Cl2NO5/c1-32-19-11-7-6-10-18(19)28-21(14-8-4-3-5-9-14)20(23(30)25(28)31)22(29)16-12-15(26)13-17(27)24(16)33-2/h3-13,21,29H,1-2H3/b22-20+. The van der Waals surface area contributed by atoms with E-state index in [-0.39, 0.29) is 26.9 Å². The van der Waals surface area contributed by atoms with Gasteiger partial charge >= 0.3 is 0 Å². The Balaban J connectivity index is 2.02. The van der Waals surface area contributed by atoms with Crippen LogP contribution in [0.25, 0.3) is 5.76 Å². The number of Topliss-reactive ketones (excluding diaryl/α,β-unsaturated/α-hetero) is 1. The summed E-state index contributed by atoms with van der Waals surface area (Å²) in [6.45, 7) is 0. The summed E-state index contributed by atoms with van der Waals surface area (Å²) in [6, 6.07) is 17.8. The van der Waals surface area contributed by atoms with E-state index in [2.05, 4.69) is 0 Å². The predicted octanol–water partition coefficient (Wildman–Crippen LogP) is 5.64. The average Bonchev–Trinajstić information content (AvgIpc) is 3.09. The Morgan fingerprint density at radius 2 is 1.61 bits per heavy atom. The van der Waals surface area contributed by atoms with Gasteiger partial charge in [-0.15, -0.1) is 0 Å². The summed E-state index contributed by atoms with van der Waals surface area (Å²) >= 11 is 12.4. The van der Waals surface area contributed by atoms with E-state index in [4.69, 9.17) is 32.7 Å². The Hall–Kier alpha value is -3.48. The van der Waals surface area contributed by atoms with Gasteiger partial charge in [0.2, 0.25) is 0 Å². The minimum Gasteiger partial charge on any atom is -0.507 e. The van der Waals surface area contributed by atoms with E-state index in [1.165, 1.54) is 31.3 Å². The number of rotatable bonds is 5. The smallest absolute Gasteiger partial charge is 0.300 e. The van der Waals surface area contributed by atoms with Gasteiger partial charge in [0.1, 0.15) is 17.3 Å². The maximum Gasteiger partial charge on any atom is 0.300 e. The van der Waals surface area contributed by atoms with Gasteiger partial charge < -0.3 is 14.6 Å². The highest BCUT2D eigenvalue weighted by Crippen LogP contribution is 2.46. The van der Waals surface area contributed by atoms with Crippen LogP contribution in [0.15, 0.2) is 72.3 Å². The highest BCUT2D eigenvalue weighted by molar-refractivity contribution is 6.52. The minimum absolute atomic E-state index is 0.106. The van der Waals surface area contributed by atoms with Gasteiger partial charge in [-0.1, -0.05) is 65.7 Å². The molecular formula is C25H19Cl2NO5. The number of para-hydroxylation sites is 2. The van der Waals surface area contributed by atoms with Crippen molar-refractivity contribution in [2.75, 3.05) is 19.1 Å². The molecule has 1 saturated heterocycles. The number of methoxy groups -OCH3 is 2. The number of ether oxygens (including phenoxy) is 2. The lowest BCUT2D eigenvalue weighted by Crippen LogP contribution is -2.29. The second-order valence-electron chi connectivity index (χ2n) is 7.22. The van der Waals surface area contributed by atoms with E-state index >= 15 is 0 Å². The number of benzene rings is 3. The fourth-order valence-corrected chi connectivity index (χ4v) is 4.52. The topological polar surface area (TPSA) is 76.1 Å². The summed E-state index contributed by atoms with van der Waals surface area (Å²) in [5.41, 5.74) is 1.00. The molecular weight excluding hydrogens is 465 g/mol. The molecule has 1 heterocycles. The first-order chi connectivity index (χ1) is 15.9. The SMILES string of the molecule is COc1ccccc1N1C(=O)C(=O)/C(=C(/O)c2cc(Cl)cc(Cl)c2OC)C1c1ccccc1. The van der Waals surface area contributed by atoms with E-state index in [0.717, 1.165) is 0 Å². The minimum atomic E-state index is -0.926.